The van der Waals surface area contributed by atoms with Gasteiger partial charge in [0.15, 0.2) is 0 Å². The van der Waals surface area contributed by atoms with E-state index in [0.717, 1.165) is 9.80 Å². The van der Waals surface area contributed by atoms with Crippen LogP contribution in [0.15, 0.2) is 53.5 Å². The Bertz CT molecular complexity index is 1000. The number of nitrogens with one attached hydrogen (secondary N) is 1. The Labute approximate surface area is 193 Å². The number of halogens is 5. The maximum atomic E-state index is 14.4. The van der Waals surface area contributed by atoms with Gasteiger partial charge in [0.1, 0.15) is 21.0 Å². The van der Waals surface area contributed by atoms with Crippen LogP contribution in [0.2, 0.25) is 0 Å². The lowest BCUT2D eigenvalue weighted by atomic mass is 10.2. The third-order valence-corrected chi connectivity index (χ3v) is 6.75. The van der Waals surface area contributed by atoms with Gasteiger partial charge in [0, 0.05) is 12.7 Å². The van der Waals surface area contributed by atoms with Gasteiger partial charge in [-0.1, -0.05) is 44.0 Å². The Morgan fingerprint density at radius 2 is 1.77 bits per heavy atom. The van der Waals surface area contributed by atoms with E-state index in [-0.39, 0.29) is 17.4 Å². The van der Waals surface area contributed by atoms with E-state index in [9.17, 15) is 18.4 Å². The quantitative estimate of drug-likeness (QED) is 0.400. The second kappa shape index (κ2) is 8.99. The summed E-state index contributed by atoms with van der Waals surface area (Å²) >= 11 is 12.9. The zero-order chi connectivity index (χ0) is 22.1. The number of amidine groups is 1. The summed E-state index contributed by atoms with van der Waals surface area (Å²) in [5.41, 5.74) is 0.377. The average Bonchev–Trinajstić information content (AvgIpc) is 2.93. The molecule has 158 valence electrons. The summed E-state index contributed by atoms with van der Waals surface area (Å²) in [5, 5.41) is 3.03. The van der Waals surface area contributed by atoms with Crippen molar-refractivity contribution in [3.05, 3.63) is 60.2 Å². The van der Waals surface area contributed by atoms with E-state index in [1.807, 2.05) is 0 Å². The number of amides is 3. The molecule has 1 atom stereocenters. The van der Waals surface area contributed by atoms with E-state index in [4.69, 9.17) is 11.6 Å². The van der Waals surface area contributed by atoms with E-state index < -0.39 is 33.0 Å². The molecule has 0 spiro atoms. The highest BCUT2D eigenvalue weighted by Crippen LogP contribution is 2.35. The van der Waals surface area contributed by atoms with Crippen LogP contribution in [0.3, 0.4) is 0 Å². The molecule has 1 aliphatic heterocycles. The number of imide groups is 1. The van der Waals surface area contributed by atoms with E-state index in [0.29, 0.717) is 5.69 Å². The first-order chi connectivity index (χ1) is 14.2. The number of nitrogens with zero attached hydrogens (tertiary/aromatic N) is 3. The number of carbonyl (C=O) groups excluding carboxylic acids is 2. The van der Waals surface area contributed by atoms with Crippen molar-refractivity contribution in [2.75, 3.05) is 23.1 Å². The van der Waals surface area contributed by atoms with Gasteiger partial charge in [0.25, 0.3) is 5.91 Å². The van der Waals surface area contributed by atoms with Gasteiger partial charge in [-0.05, 0) is 36.4 Å². The lowest BCUT2D eigenvalue weighted by molar-refractivity contribution is -0.119. The fourth-order valence-corrected chi connectivity index (χ4v) is 3.25. The highest BCUT2D eigenvalue weighted by Gasteiger charge is 2.44. The SMILES string of the molecule is CN1C(=O)C(=NC(Nc2ccc(F)cc2)C(Br)(Br)CCl)N(c2ccccc2F)C1=O. The Kier molecular flexibility index (Phi) is 6.78. The topological polar surface area (TPSA) is 65.0 Å². The molecule has 1 fully saturated rings. The van der Waals surface area contributed by atoms with Crippen molar-refractivity contribution in [1.82, 2.24) is 4.90 Å². The number of urea groups is 1. The molecule has 6 nitrogen and oxygen atoms in total. The molecular formula is C19H15Br2ClF2N4O2. The van der Waals surface area contributed by atoms with Crippen molar-refractivity contribution in [2.45, 2.75) is 9.40 Å². The van der Waals surface area contributed by atoms with E-state index >= 15 is 0 Å². The average molecular weight is 565 g/mol. The Morgan fingerprint density at radius 1 is 1.13 bits per heavy atom. The van der Waals surface area contributed by atoms with Gasteiger partial charge in [-0.3, -0.25) is 9.69 Å². The molecule has 0 aliphatic carbocycles. The predicted molar refractivity (Wildman–Crippen MR) is 120 cm³/mol. The van der Waals surface area contributed by atoms with Crippen molar-refractivity contribution in [2.24, 2.45) is 4.99 Å². The number of hydrogen-bond acceptors (Lipinski definition) is 4. The molecule has 1 heterocycles. The molecule has 1 aliphatic rings. The number of likely N-dealkylation sites (N-methyl/N-ethyl adjacent to an activating group) is 1. The fourth-order valence-electron chi connectivity index (χ4n) is 2.67. The van der Waals surface area contributed by atoms with Crippen molar-refractivity contribution in [1.29, 1.82) is 0 Å². The van der Waals surface area contributed by atoms with Crippen LogP contribution in [-0.4, -0.2) is 45.0 Å². The summed E-state index contributed by atoms with van der Waals surface area (Å²) in [6.07, 6.45) is -0.937. The number of benzene rings is 2. The minimum Gasteiger partial charge on any atom is -0.362 e. The molecule has 1 N–H and O–H groups in total. The molecule has 11 heteroatoms. The van der Waals surface area contributed by atoms with Gasteiger partial charge >= 0.3 is 6.03 Å². The molecule has 2 aromatic carbocycles. The maximum absolute atomic E-state index is 14.4. The lowest BCUT2D eigenvalue weighted by Crippen LogP contribution is -2.41. The van der Waals surface area contributed by atoms with E-state index in [1.165, 1.54) is 49.5 Å². The molecule has 3 rings (SSSR count). The monoisotopic (exact) mass is 562 g/mol. The third-order valence-electron chi connectivity index (χ3n) is 4.26. The molecule has 0 saturated carbocycles. The zero-order valence-electron chi connectivity index (χ0n) is 15.5. The number of alkyl halides is 3. The highest BCUT2D eigenvalue weighted by molar-refractivity contribution is 9.25. The zero-order valence-corrected chi connectivity index (χ0v) is 19.4. The first kappa shape index (κ1) is 22.6. The van der Waals surface area contributed by atoms with Gasteiger partial charge in [-0.25, -0.2) is 23.5 Å². The molecule has 0 bridgehead atoms. The summed E-state index contributed by atoms with van der Waals surface area (Å²) in [5.74, 6) is -2.11. The summed E-state index contributed by atoms with van der Waals surface area (Å²) in [7, 11) is 1.28. The molecule has 1 unspecified atom stereocenters. The molecule has 0 radical (unpaired) electrons. The van der Waals surface area contributed by atoms with Crippen LogP contribution in [0.25, 0.3) is 0 Å². The number of rotatable bonds is 6. The van der Waals surface area contributed by atoms with Crippen LogP contribution in [0.4, 0.5) is 25.0 Å². The number of hydrogen-bond donors (Lipinski definition) is 1. The molecule has 3 amide bonds. The van der Waals surface area contributed by atoms with Crippen LogP contribution in [0.5, 0.6) is 0 Å². The van der Waals surface area contributed by atoms with Crippen LogP contribution in [0, 0.1) is 11.6 Å². The summed E-state index contributed by atoms with van der Waals surface area (Å²) in [6, 6.07) is 10.3. The summed E-state index contributed by atoms with van der Waals surface area (Å²) < 4.78 is 26.6. The van der Waals surface area contributed by atoms with E-state index in [2.05, 4.69) is 42.2 Å². The van der Waals surface area contributed by atoms with Gasteiger partial charge in [0.05, 0.1) is 11.6 Å². The summed E-state index contributed by atoms with van der Waals surface area (Å²) in [4.78, 5) is 31.5. The molecular weight excluding hydrogens is 549 g/mol. The van der Waals surface area contributed by atoms with Crippen molar-refractivity contribution >= 4 is 72.6 Å². The second-order valence-electron chi connectivity index (χ2n) is 6.33. The van der Waals surface area contributed by atoms with Crippen LogP contribution in [-0.2, 0) is 4.79 Å². The van der Waals surface area contributed by atoms with E-state index in [1.54, 1.807) is 6.07 Å². The number of anilines is 2. The molecule has 0 aromatic heterocycles. The standard InChI is InChI=1S/C19H15Br2ClF2N4O2/c1-27-16(29)15(28(18(27)30)14-5-3-2-4-13(14)24)26-17(19(20,21)10-22)25-12-8-6-11(23)7-9-12/h2-9,17,25H,10H2,1H3. The Hall–Kier alpha value is -2.04. The smallest absolute Gasteiger partial charge is 0.337 e. The first-order valence-electron chi connectivity index (χ1n) is 8.56. The van der Waals surface area contributed by atoms with Crippen molar-refractivity contribution in [3.63, 3.8) is 0 Å². The molecule has 2 aromatic rings. The molecule has 30 heavy (non-hydrogen) atoms. The first-order valence-corrected chi connectivity index (χ1v) is 10.7. The Morgan fingerprint density at radius 3 is 2.37 bits per heavy atom. The van der Waals surface area contributed by atoms with Crippen LogP contribution >= 0.6 is 43.5 Å². The highest BCUT2D eigenvalue weighted by atomic mass is 79.9. The minimum absolute atomic E-state index is 0.000313. The van der Waals surface area contributed by atoms with Crippen LogP contribution in [0.1, 0.15) is 0 Å². The fraction of sp³-hybridized carbons (Fsp3) is 0.211. The van der Waals surface area contributed by atoms with Crippen LogP contribution < -0.4 is 10.2 Å². The van der Waals surface area contributed by atoms with Gasteiger partial charge < -0.3 is 5.32 Å². The van der Waals surface area contributed by atoms with Crippen molar-refractivity contribution in [3.8, 4) is 0 Å². The normalized spacial score (nSPS) is 17.1. The van der Waals surface area contributed by atoms with Gasteiger partial charge in [-0.2, -0.15) is 0 Å². The van der Waals surface area contributed by atoms with Gasteiger partial charge in [0.2, 0.25) is 5.84 Å². The number of aliphatic imine (C=N–C) groups is 1. The number of para-hydroxylation sites is 1. The molecule has 1 saturated heterocycles. The predicted octanol–water partition coefficient (Wildman–Crippen LogP) is 4.92. The van der Waals surface area contributed by atoms with Crippen molar-refractivity contribution < 1.29 is 18.4 Å². The van der Waals surface area contributed by atoms with Gasteiger partial charge in [-0.15, -0.1) is 11.6 Å². The third kappa shape index (κ3) is 4.50. The lowest BCUT2D eigenvalue weighted by Gasteiger charge is -2.28. The Balaban J connectivity index is 2.08. The number of carbonyl (C=O) groups is 2. The maximum Gasteiger partial charge on any atom is 0.337 e. The largest absolute Gasteiger partial charge is 0.362 e. The minimum atomic E-state index is -1.05. The summed E-state index contributed by atoms with van der Waals surface area (Å²) in [6.45, 7) is 0. The second-order valence-corrected chi connectivity index (χ2v) is 10.5.